The van der Waals surface area contributed by atoms with Gasteiger partial charge in [0.2, 0.25) is 0 Å². The van der Waals surface area contributed by atoms with Crippen molar-refractivity contribution in [3.8, 4) is 22.6 Å². The number of fused-ring (bicyclic) bond motifs is 1. The first-order valence-electron chi connectivity index (χ1n) is 11.4. The molecule has 0 saturated heterocycles. The minimum absolute atomic E-state index is 0.231. The SMILES string of the molecule is CC1CN(c2nccc3[nH]c(-c4ccc(NC(=O)Nc5cc(-c6ccncc6)[nH]n5)cc4)nc23)C=N1. The number of benzene rings is 1. The van der Waals surface area contributed by atoms with Gasteiger partial charge in [0, 0.05) is 48.0 Å². The minimum Gasteiger partial charge on any atom is -0.338 e. The first-order chi connectivity index (χ1) is 17.6. The van der Waals surface area contributed by atoms with E-state index in [0.717, 1.165) is 46.0 Å². The summed E-state index contributed by atoms with van der Waals surface area (Å²) in [5.74, 6) is 1.92. The van der Waals surface area contributed by atoms with E-state index in [1.165, 1.54) is 0 Å². The molecule has 1 atom stereocenters. The fourth-order valence-electron chi connectivity index (χ4n) is 4.04. The molecule has 0 fully saturated rings. The monoisotopic (exact) mass is 478 g/mol. The normalized spacial score (nSPS) is 14.9. The molecule has 36 heavy (non-hydrogen) atoms. The fourth-order valence-corrected chi connectivity index (χ4v) is 4.04. The van der Waals surface area contributed by atoms with E-state index in [1.54, 1.807) is 24.7 Å². The molecule has 4 N–H and O–H groups in total. The zero-order valence-electron chi connectivity index (χ0n) is 19.3. The second-order valence-corrected chi connectivity index (χ2v) is 8.44. The lowest BCUT2D eigenvalue weighted by Gasteiger charge is -2.13. The van der Waals surface area contributed by atoms with Crippen LogP contribution in [-0.2, 0) is 0 Å². The molecule has 5 heterocycles. The average molecular weight is 479 g/mol. The van der Waals surface area contributed by atoms with E-state index in [2.05, 4.69) is 47.7 Å². The summed E-state index contributed by atoms with van der Waals surface area (Å²) >= 11 is 0. The second-order valence-electron chi connectivity index (χ2n) is 8.44. The van der Waals surface area contributed by atoms with E-state index >= 15 is 0 Å². The Morgan fingerprint density at radius 1 is 1.03 bits per heavy atom. The molecule has 178 valence electrons. The summed E-state index contributed by atoms with van der Waals surface area (Å²) in [6.45, 7) is 2.84. The summed E-state index contributed by atoms with van der Waals surface area (Å²) in [5.41, 5.74) is 4.93. The second kappa shape index (κ2) is 8.95. The summed E-state index contributed by atoms with van der Waals surface area (Å²) < 4.78 is 0. The van der Waals surface area contributed by atoms with Crippen LogP contribution in [0.15, 0.2) is 72.1 Å². The molecule has 1 aliphatic heterocycles. The van der Waals surface area contributed by atoms with E-state index in [1.807, 2.05) is 53.7 Å². The Morgan fingerprint density at radius 3 is 2.64 bits per heavy atom. The number of aromatic nitrogens is 6. The summed E-state index contributed by atoms with van der Waals surface area (Å²) in [7, 11) is 0. The van der Waals surface area contributed by atoms with Gasteiger partial charge in [-0.05, 0) is 49.4 Å². The Hall–Kier alpha value is -5.06. The first kappa shape index (κ1) is 21.5. The van der Waals surface area contributed by atoms with Gasteiger partial charge in [0.1, 0.15) is 11.3 Å². The first-order valence-corrected chi connectivity index (χ1v) is 11.4. The number of anilines is 3. The highest BCUT2D eigenvalue weighted by atomic mass is 16.2. The molecular weight excluding hydrogens is 456 g/mol. The van der Waals surface area contributed by atoms with Gasteiger partial charge in [0.15, 0.2) is 11.6 Å². The average Bonchev–Trinajstić information content (AvgIpc) is 3.64. The fraction of sp³-hybridized carbons (Fsp3) is 0.120. The van der Waals surface area contributed by atoms with Gasteiger partial charge in [-0.15, -0.1) is 0 Å². The van der Waals surface area contributed by atoms with E-state index in [-0.39, 0.29) is 6.04 Å². The van der Waals surface area contributed by atoms with Gasteiger partial charge in [-0.25, -0.2) is 14.8 Å². The van der Waals surface area contributed by atoms with Crippen LogP contribution in [-0.4, -0.2) is 55.1 Å². The summed E-state index contributed by atoms with van der Waals surface area (Å²) in [4.78, 5) is 35.6. The number of urea groups is 1. The van der Waals surface area contributed by atoms with Crippen LogP contribution in [0.3, 0.4) is 0 Å². The molecule has 0 bridgehead atoms. The molecule has 11 nitrogen and oxygen atoms in total. The molecule has 1 aromatic carbocycles. The van der Waals surface area contributed by atoms with Crippen molar-refractivity contribution in [1.29, 1.82) is 0 Å². The van der Waals surface area contributed by atoms with Crippen LogP contribution in [0.1, 0.15) is 6.92 Å². The third-order valence-corrected chi connectivity index (χ3v) is 5.80. The van der Waals surface area contributed by atoms with Crippen LogP contribution in [0.5, 0.6) is 0 Å². The molecule has 0 saturated carbocycles. The number of nitrogens with zero attached hydrogens (tertiary/aromatic N) is 6. The molecule has 11 heteroatoms. The molecule has 1 aliphatic rings. The van der Waals surface area contributed by atoms with Gasteiger partial charge in [0.05, 0.1) is 23.6 Å². The number of pyridine rings is 2. The third kappa shape index (κ3) is 4.25. The van der Waals surface area contributed by atoms with Crippen LogP contribution in [0.2, 0.25) is 0 Å². The Kier molecular flexibility index (Phi) is 5.34. The van der Waals surface area contributed by atoms with Crippen molar-refractivity contribution >= 4 is 40.7 Å². The lowest BCUT2D eigenvalue weighted by atomic mass is 10.2. The van der Waals surface area contributed by atoms with Crippen molar-refractivity contribution in [3.63, 3.8) is 0 Å². The molecule has 0 aliphatic carbocycles. The van der Waals surface area contributed by atoms with Crippen LogP contribution < -0.4 is 15.5 Å². The predicted molar refractivity (Wildman–Crippen MR) is 139 cm³/mol. The molecule has 5 aromatic rings. The van der Waals surface area contributed by atoms with Crippen molar-refractivity contribution in [1.82, 2.24) is 30.1 Å². The highest BCUT2D eigenvalue weighted by molar-refractivity contribution is 5.99. The predicted octanol–water partition coefficient (Wildman–Crippen LogP) is 4.29. The highest BCUT2D eigenvalue weighted by Gasteiger charge is 2.20. The van der Waals surface area contributed by atoms with Crippen LogP contribution in [0.25, 0.3) is 33.7 Å². The zero-order valence-corrected chi connectivity index (χ0v) is 19.3. The third-order valence-electron chi connectivity index (χ3n) is 5.80. The standard InChI is InChI=1S/C25H22N10O/c1-15-13-35(14-28-15)24-22-19(8-11-27-24)30-23(32-22)17-2-4-18(5-3-17)29-25(36)31-21-12-20(33-34-21)16-6-9-26-10-7-16/h2-12,14-15H,13H2,1H3,(H,30,32)(H3,29,31,33,34,36). The highest BCUT2D eigenvalue weighted by Crippen LogP contribution is 2.28. The van der Waals surface area contributed by atoms with Gasteiger partial charge >= 0.3 is 6.03 Å². The Morgan fingerprint density at radius 2 is 1.86 bits per heavy atom. The smallest absolute Gasteiger partial charge is 0.324 e. The van der Waals surface area contributed by atoms with Crippen molar-refractivity contribution < 1.29 is 4.79 Å². The van der Waals surface area contributed by atoms with Crippen LogP contribution in [0, 0.1) is 0 Å². The minimum atomic E-state index is -0.392. The van der Waals surface area contributed by atoms with Crippen LogP contribution >= 0.6 is 0 Å². The number of aromatic amines is 2. The van der Waals surface area contributed by atoms with Crippen molar-refractivity contribution in [3.05, 3.63) is 67.1 Å². The largest absolute Gasteiger partial charge is 0.338 e. The van der Waals surface area contributed by atoms with Gasteiger partial charge in [0.25, 0.3) is 0 Å². The van der Waals surface area contributed by atoms with E-state index in [4.69, 9.17) is 4.98 Å². The van der Waals surface area contributed by atoms with Crippen molar-refractivity contribution in [2.45, 2.75) is 13.0 Å². The Bertz CT molecular complexity index is 1560. The number of H-pyrrole nitrogens is 2. The molecule has 2 amide bonds. The zero-order chi connectivity index (χ0) is 24.5. The van der Waals surface area contributed by atoms with Crippen molar-refractivity contribution in [2.75, 3.05) is 22.1 Å². The number of carbonyl (C=O) groups is 1. The van der Waals surface area contributed by atoms with Gasteiger partial charge in [-0.2, -0.15) is 5.10 Å². The topological polar surface area (TPSA) is 140 Å². The number of amides is 2. The molecule has 4 aromatic heterocycles. The number of rotatable bonds is 5. The van der Waals surface area contributed by atoms with Gasteiger partial charge in [-0.1, -0.05) is 0 Å². The quantitative estimate of drug-likeness (QED) is 0.297. The Labute approximate surface area is 205 Å². The summed E-state index contributed by atoms with van der Waals surface area (Å²) in [6, 6.07) is 14.7. The maximum Gasteiger partial charge on any atom is 0.324 e. The number of aliphatic imine (C=N–C) groups is 1. The van der Waals surface area contributed by atoms with E-state index < -0.39 is 6.03 Å². The van der Waals surface area contributed by atoms with Crippen LogP contribution in [0.4, 0.5) is 22.1 Å². The summed E-state index contributed by atoms with van der Waals surface area (Å²) in [6.07, 6.45) is 6.98. The molecule has 6 rings (SSSR count). The lowest BCUT2D eigenvalue weighted by molar-refractivity contribution is 0.262. The maximum absolute atomic E-state index is 12.5. The number of hydrogen-bond acceptors (Lipinski definition) is 7. The number of nitrogens with one attached hydrogen (secondary N) is 4. The number of hydrogen-bond donors (Lipinski definition) is 4. The van der Waals surface area contributed by atoms with Crippen molar-refractivity contribution in [2.24, 2.45) is 4.99 Å². The van der Waals surface area contributed by atoms with Gasteiger partial charge in [-0.3, -0.25) is 20.4 Å². The summed E-state index contributed by atoms with van der Waals surface area (Å²) in [5, 5.41) is 12.6. The number of imidazole rings is 1. The molecule has 0 radical (unpaired) electrons. The van der Waals surface area contributed by atoms with Gasteiger partial charge < -0.3 is 15.2 Å². The van der Waals surface area contributed by atoms with E-state index in [0.29, 0.717) is 11.5 Å². The maximum atomic E-state index is 12.5. The lowest BCUT2D eigenvalue weighted by Crippen LogP contribution is -2.22. The Balaban J connectivity index is 1.14. The molecular formula is C25H22N10O. The molecule has 1 unspecified atom stereocenters. The molecule has 0 spiro atoms. The van der Waals surface area contributed by atoms with E-state index in [9.17, 15) is 4.79 Å². The number of carbonyl (C=O) groups excluding carboxylic acids is 1.